The predicted molar refractivity (Wildman–Crippen MR) is 60.5 cm³/mol. The minimum atomic E-state index is 0.303. The van der Waals surface area contributed by atoms with Crippen LogP contribution in [-0.4, -0.2) is 25.3 Å². The lowest BCUT2D eigenvalue weighted by Gasteiger charge is -2.52. The van der Waals surface area contributed by atoms with E-state index in [1.165, 1.54) is 19.3 Å². The normalized spacial score (nSPS) is 30.4. The molecule has 2 unspecified atom stereocenters. The van der Waals surface area contributed by atoms with E-state index in [4.69, 9.17) is 4.74 Å². The fraction of sp³-hybridized carbons (Fsp3) is 1.00. The first-order valence-electron chi connectivity index (χ1n) is 5.85. The van der Waals surface area contributed by atoms with Crippen molar-refractivity contribution in [1.29, 1.82) is 0 Å². The number of hydrogen-bond acceptors (Lipinski definition) is 2. The molecule has 14 heavy (non-hydrogen) atoms. The molecule has 0 aromatic heterocycles. The van der Waals surface area contributed by atoms with Crippen molar-refractivity contribution in [2.75, 3.05) is 7.11 Å². The smallest absolute Gasteiger partial charge is 0.0652 e. The topological polar surface area (TPSA) is 21.3 Å². The molecule has 2 heteroatoms. The minimum absolute atomic E-state index is 0.303. The van der Waals surface area contributed by atoms with E-state index in [2.05, 4.69) is 33.0 Å². The van der Waals surface area contributed by atoms with Gasteiger partial charge in [-0.3, -0.25) is 0 Å². The van der Waals surface area contributed by atoms with Crippen molar-refractivity contribution >= 4 is 0 Å². The molecule has 0 aromatic carbocycles. The van der Waals surface area contributed by atoms with Crippen LogP contribution in [0.1, 0.15) is 47.0 Å². The van der Waals surface area contributed by atoms with E-state index in [0.29, 0.717) is 23.6 Å². The van der Waals surface area contributed by atoms with Crippen molar-refractivity contribution < 1.29 is 4.74 Å². The Morgan fingerprint density at radius 3 is 2.29 bits per heavy atom. The molecule has 0 aliphatic heterocycles. The first-order chi connectivity index (χ1) is 6.56. The van der Waals surface area contributed by atoms with Crippen LogP contribution in [0.25, 0.3) is 0 Å². The van der Waals surface area contributed by atoms with Crippen molar-refractivity contribution in [3.05, 3.63) is 0 Å². The SMILES string of the molecule is CCC(CC)NC1CC(OC)C1(C)C. The lowest BCUT2D eigenvalue weighted by Crippen LogP contribution is -2.62. The molecule has 84 valence electrons. The Kier molecular flexibility index (Phi) is 3.96. The molecule has 1 fully saturated rings. The number of ether oxygens (including phenoxy) is 1. The highest BCUT2D eigenvalue weighted by Crippen LogP contribution is 2.42. The van der Waals surface area contributed by atoms with Gasteiger partial charge >= 0.3 is 0 Å². The van der Waals surface area contributed by atoms with Crippen LogP contribution in [0.4, 0.5) is 0 Å². The molecule has 1 aliphatic rings. The zero-order valence-electron chi connectivity index (χ0n) is 10.3. The summed E-state index contributed by atoms with van der Waals surface area (Å²) in [6, 6.07) is 1.31. The van der Waals surface area contributed by atoms with Crippen molar-refractivity contribution in [3.8, 4) is 0 Å². The number of hydrogen-bond donors (Lipinski definition) is 1. The summed E-state index contributed by atoms with van der Waals surface area (Å²) in [4.78, 5) is 0. The second-order valence-electron chi connectivity index (χ2n) is 5.01. The Hall–Kier alpha value is -0.0800. The first-order valence-corrected chi connectivity index (χ1v) is 5.85. The van der Waals surface area contributed by atoms with Crippen LogP contribution in [0, 0.1) is 5.41 Å². The number of nitrogens with one attached hydrogen (secondary N) is 1. The maximum Gasteiger partial charge on any atom is 0.0652 e. The van der Waals surface area contributed by atoms with Crippen molar-refractivity contribution in [1.82, 2.24) is 5.32 Å². The highest BCUT2D eigenvalue weighted by atomic mass is 16.5. The molecule has 1 rings (SSSR count). The lowest BCUT2D eigenvalue weighted by molar-refractivity contribution is -0.100. The third-order valence-corrected chi connectivity index (χ3v) is 3.88. The lowest BCUT2D eigenvalue weighted by atomic mass is 9.64. The summed E-state index contributed by atoms with van der Waals surface area (Å²) in [5, 5.41) is 3.73. The average molecular weight is 199 g/mol. The zero-order valence-corrected chi connectivity index (χ0v) is 10.3. The second-order valence-corrected chi connectivity index (χ2v) is 5.01. The van der Waals surface area contributed by atoms with E-state index in [0.717, 1.165) is 0 Å². The van der Waals surface area contributed by atoms with E-state index in [1.807, 2.05) is 7.11 Å². The largest absolute Gasteiger partial charge is 0.381 e. The Labute approximate surface area is 88.4 Å². The Balaban J connectivity index is 2.41. The molecule has 0 aromatic rings. The van der Waals surface area contributed by atoms with Crippen molar-refractivity contribution in [3.63, 3.8) is 0 Å². The quantitative estimate of drug-likeness (QED) is 0.735. The monoisotopic (exact) mass is 199 g/mol. The van der Waals surface area contributed by atoms with Gasteiger partial charge in [-0.15, -0.1) is 0 Å². The highest BCUT2D eigenvalue weighted by molar-refractivity contribution is 5.03. The van der Waals surface area contributed by atoms with E-state index in [9.17, 15) is 0 Å². The third kappa shape index (κ3) is 2.12. The number of methoxy groups -OCH3 is 1. The third-order valence-electron chi connectivity index (χ3n) is 3.88. The van der Waals surface area contributed by atoms with Gasteiger partial charge in [-0.25, -0.2) is 0 Å². The van der Waals surface area contributed by atoms with E-state index in [1.54, 1.807) is 0 Å². The molecule has 1 saturated carbocycles. The fourth-order valence-electron chi connectivity index (χ4n) is 2.38. The maximum absolute atomic E-state index is 5.44. The molecule has 2 nitrogen and oxygen atoms in total. The summed E-state index contributed by atoms with van der Waals surface area (Å²) in [5.41, 5.74) is 0.303. The number of rotatable bonds is 5. The van der Waals surface area contributed by atoms with Gasteiger partial charge < -0.3 is 10.1 Å². The second kappa shape index (κ2) is 4.63. The van der Waals surface area contributed by atoms with Gasteiger partial charge in [-0.2, -0.15) is 0 Å². The molecule has 0 heterocycles. The molecule has 2 atom stereocenters. The molecular formula is C12H25NO. The van der Waals surface area contributed by atoms with Crippen LogP contribution in [0.3, 0.4) is 0 Å². The average Bonchev–Trinajstić information content (AvgIpc) is 2.17. The Bertz CT molecular complexity index is 175. The standard InChI is InChI=1S/C12H25NO/c1-6-9(7-2)13-10-8-11(14-5)12(10,3)4/h9-11,13H,6-8H2,1-5H3. The van der Waals surface area contributed by atoms with Gasteiger partial charge in [0.2, 0.25) is 0 Å². The molecule has 0 radical (unpaired) electrons. The van der Waals surface area contributed by atoms with Crippen LogP contribution in [0.2, 0.25) is 0 Å². The molecule has 0 spiro atoms. The Morgan fingerprint density at radius 1 is 1.36 bits per heavy atom. The Morgan fingerprint density at radius 2 is 1.93 bits per heavy atom. The molecule has 1 aliphatic carbocycles. The van der Waals surface area contributed by atoms with Crippen LogP contribution < -0.4 is 5.32 Å². The summed E-state index contributed by atoms with van der Waals surface area (Å²) >= 11 is 0. The van der Waals surface area contributed by atoms with Gasteiger partial charge in [0.25, 0.3) is 0 Å². The predicted octanol–water partition coefficient (Wildman–Crippen LogP) is 2.58. The van der Waals surface area contributed by atoms with Gasteiger partial charge in [0.1, 0.15) is 0 Å². The van der Waals surface area contributed by atoms with Crippen LogP contribution in [0.15, 0.2) is 0 Å². The highest BCUT2D eigenvalue weighted by Gasteiger charge is 2.48. The first kappa shape index (κ1) is 12.0. The van der Waals surface area contributed by atoms with Gasteiger partial charge in [0, 0.05) is 24.6 Å². The van der Waals surface area contributed by atoms with E-state index < -0.39 is 0 Å². The van der Waals surface area contributed by atoms with Crippen molar-refractivity contribution in [2.45, 2.75) is 65.1 Å². The molecular weight excluding hydrogens is 174 g/mol. The van der Waals surface area contributed by atoms with Crippen LogP contribution in [0.5, 0.6) is 0 Å². The van der Waals surface area contributed by atoms with Crippen LogP contribution in [-0.2, 0) is 4.74 Å². The van der Waals surface area contributed by atoms with Gasteiger partial charge in [-0.05, 0) is 19.3 Å². The fourth-order valence-corrected chi connectivity index (χ4v) is 2.38. The molecule has 0 amide bonds. The maximum atomic E-state index is 5.44. The van der Waals surface area contributed by atoms with Crippen LogP contribution >= 0.6 is 0 Å². The zero-order chi connectivity index (χ0) is 10.8. The van der Waals surface area contributed by atoms with Gasteiger partial charge in [0.15, 0.2) is 0 Å². The van der Waals surface area contributed by atoms with Gasteiger partial charge in [-0.1, -0.05) is 27.7 Å². The van der Waals surface area contributed by atoms with E-state index >= 15 is 0 Å². The molecule has 0 saturated heterocycles. The molecule has 0 bridgehead atoms. The minimum Gasteiger partial charge on any atom is -0.381 e. The van der Waals surface area contributed by atoms with E-state index in [-0.39, 0.29) is 0 Å². The van der Waals surface area contributed by atoms with Crippen molar-refractivity contribution in [2.24, 2.45) is 5.41 Å². The molecule has 1 N–H and O–H groups in total. The summed E-state index contributed by atoms with van der Waals surface area (Å²) in [6.07, 6.45) is 4.05. The van der Waals surface area contributed by atoms with Gasteiger partial charge in [0.05, 0.1) is 6.10 Å². The summed E-state index contributed by atoms with van der Waals surface area (Å²) < 4.78 is 5.44. The summed E-state index contributed by atoms with van der Waals surface area (Å²) in [7, 11) is 1.82. The summed E-state index contributed by atoms with van der Waals surface area (Å²) in [5.74, 6) is 0. The summed E-state index contributed by atoms with van der Waals surface area (Å²) in [6.45, 7) is 9.09.